The van der Waals surface area contributed by atoms with Crippen LogP contribution in [0.2, 0.25) is 0 Å². The summed E-state index contributed by atoms with van der Waals surface area (Å²) in [6.07, 6.45) is 1.81. The number of rotatable bonds is 2. The van der Waals surface area contributed by atoms with Crippen molar-refractivity contribution >= 4 is 11.8 Å². The maximum absolute atomic E-state index is 5.29. The van der Waals surface area contributed by atoms with Gasteiger partial charge in [-0.25, -0.2) is 5.43 Å². The predicted octanol–water partition coefficient (Wildman–Crippen LogP) is 0.398. The Morgan fingerprint density at radius 2 is 1.90 bits per heavy atom. The SMILES string of the molecule is C=Cc1ccc([NH2+]N)cc1. The molecule has 0 saturated heterocycles. The molecule has 0 aliphatic rings. The first-order valence-electron chi connectivity index (χ1n) is 3.14. The van der Waals surface area contributed by atoms with Crippen molar-refractivity contribution in [3.05, 3.63) is 36.4 Å². The largest absolute Gasteiger partial charge is 0.240 e. The highest BCUT2D eigenvalue weighted by Crippen LogP contribution is 2.04. The molecule has 0 unspecified atom stereocenters. The Labute approximate surface area is 60.3 Å². The highest BCUT2D eigenvalue weighted by atomic mass is 15.2. The van der Waals surface area contributed by atoms with Crippen LogP contribution in [0, 0.1) is 0 Å². The summed E-state index contributed by atoms with van der Waals surface area (Å²) in [6.45, 7) is 3.64. The van der Waals surface area contributed by atoms with Crippen molar-refractivity contribution in [2.24, 2.45) is 5.84 Å². The molecule has 0 radical (unpaired) electrons. The van der Waals surface area contributed by atoms with Crippen molar-refractivity contribution < 1.29 is 5.43 Å². The van der Waals surface area contributed by atoms with E-state index in [0.717, 1.165) is 11.3 Å². The van der Waals surface area contributed by atoms with Crippen LogP contribution >= 0.6 is 0 Å². The molecule has 0 bridgehead atoms. The zero-order chi connectivity index (χ0) is 7.40. The van der Waals surface area contributed by atoms with E-state index >= 15 is 0 Å². The number of nitrogens with two attached hydrogens (primary N) is 2. The Kier molecular flexibility index (Phi) is 2.20. The molecular weight excluding hydrogens is 124 g/mol. The number of benzene rings is 1. The standard InChI is InChI=1S/C8H10N2/c1-2-7-3-5-8(10-9)6-4-7/h2-6,10H,1,9H2/p+1. The van der Waals surface area contributed by atoms with Crippen LogP contribution < -0.4 is 11.3 Å². The first-order chi connectivity index (χ1) is 4.86. The minimum absolute atomic E-state index is 1.03. The summed E-state index contributed by atoms with van der Waals surface area (Å²) in [5, 5.41) is 0. The fourth-order valence-electron chi connectivity index (χ4n) is 0.743. The van der Waals surface area contributed by atoms with Crippen LogP contribution in [-0.4, -0.2) is 0 Å². The summed E-state index contributed by atoms with van der Waals surface area (Å²) < 4.78 is 0. The summed E-state index contributed by atoms with van der Waals surface area (Å²) in [6, 6.07) is 7.87. The molecule has 1 aromatic carbocycles. The van der Waals surface area contributed by atoms with Crippen molar-refractivity contribution in [1.82, 2.24) is 0 Å². The van der Waals surface area contributed by atoms with Crippen LogP contribution in [-0.2, 0) is 0 Å². The van der Waals surface area contributed by atoms with E-state index in [0.29, 0.717) is 0 Å². The van der Waals surface area contributed by atoms with E-state index in [1.807, 2.05) is 24.3 Å². The highest BCUT2D eigenvalue weighted by Gasteiger charge is 1.90. The van der Waals surface area contributed by atoms with Gasteiger partial charge >= 0.3 is 0 Å². The van der Waals surface area contributed by atoms with Gasteiger partial charge < -0.3 is 0 Å². The molecule has 1 rings (SSSR count). The van der Waals surface area contributed by atoms with E-state index in [4.69, 9.17) is 5.84 Å². The van der Waals surface area contributed by atoms with Gasteiger partial charge in [0.25, 0.3) is 0 Å². The maximum Gasteiger partial charge on any atom is 0.148 e. The van der Waals surface area contributed by atoms with Gasteiger partial charge in [0, 0.05) is 12.1 Å². The van der Waals surface area contributed by atoms with Crippen molar-refractivity contribution in [2.75, 3.05) is 0 Å². The number of hydrogen-bond donors (Lipinski definition) is 2. The first-order valence-corrected chi connectivity index (χ1v) is 3.14. The van der Waals surface area contributed by atoms with E-state index in [9.17, 15) is 0 Å². The van der Waals surface area contributed by atoms with Gasteiger partial charge in [-0.2, -0.15) is 5.84 Å². The van der Waals surface area contributed by atoms with Crippen LogP contribution in [0.1, 0.15) is 5.56 Å². The molecule has 10 heavy (non-hydrogen) atoms. The second-order valence-corrected chi connectivity index (χ2v) is 2.04. The van der Waals surface area contributed by atoms with Crippen LogP contribution in [0.25, 0.3) is 6.08 Å². The molecular formula is C8H11N2+. The quantitative estimate of drug-likeness (QED) is 0.344. The van der Waals surface area contributed by atoms with Gasteiger partial charge in [0.2, 0.25) is 0 Å². The summed E-state index contributed by atoms with van der Waals surface area (Å²) in [7, 11) is 0. The first kappa shape index (κ1) is 6.99. The lowest BCUT2D eigenvalue weighted by Gasteiger charge is -1.93. The lowest BCUT2D eigenvalue weighted by molar-refractivity contribution is -0.584. The Morgan fingerprint density at radius 1 is 1.30 bits per heavy atom. The minimum Gasteiger partial charge on any atom is -0.240 e. The lowest BCUT2D eigenvalue weighted by Crippen LogP contribution is -2.85. The van der Waals surface area contributed by atoms with Crippen molar-refractivity contribution in [3.8, 4) is 0 Å². The van der Waals surface area contributed by atoms with E-state index in [1.165, 1.54) is 0 Å². The lowest BCUT2D eigenvalue weighted by atomic mass is 10.2. The van der Waals surface area contributed by atoms with Crippen molar-refractivity contribution in [1.29, 1.82) is 0 Å². The molecule has 0 saturated carbocycles. The summed E-state index contributed by atoms with van der Waals surface area (Å²) in [5.41, 5.74) is 3.73. The van der Waals surface area contributed by atoms with Crippen molar-refractivity contribution in [2.45, 2.75) is 0 Å². The summed E-state index contributed by atoms with van der Waals surface area (Å²) in [4.78, 5) is 0. The molecule has 0 aromatic heterocycles. The van der Waals surface area contributed by atoms with E-state index in [2.05, 4.69) is 6.58 Å². The van der Waals surface area contributed by atoms with Crippen LogP contribution in [0.15, 0.2) is 30.8 Å². The van der Waals surface area contributed by atoms with Crippen LogP contribution in [0.5, 0.6) is 0 Å². The average molecular weight is 135 g/mol. The molecule has 2 nitrogen and oxygen atoms in total. The van der Waals surface area contributed by atoms with E-state index in [-0.39, 0.29) is 0 Å². The predicted molar refractivity (Wildman–Crippen MR) is 42.3 cm³/mol. The Morgan fingerprint density at radius 3 is 2.30 bits per heavy atom. The topological polar surface area (TPSA) is 42.6 Å². The molecule has 2 heteroatoms. The number of quaternary nitrogens is 1. The van der Waals surface area contributed by atoms with Gasteiger partial charge in [-0.05, 0) is 17.7 Å². The van der Waals surface area contributed by atoms with Gasteiger partial charge in [-0.15, -0.1) is 0 Å². The van der Waals surface area contributed by atoms with Gasteiger partial charge in [0.15, 0.2) is 0 Å². The molecule has 0 spiro atoms. The highest BCUT2D eigenvalue weighted by molar-refractivity contribution is 5.49. The van der Waals surface area contributed by atoms with Gasteiger partial charge in [0.05, 0.1) is 0 Å². The molecule has 0 amide bonds. The third kappa shape index (κ3) is 1.43. The van der Waals surface area contributed by atoms with Gasteiger partial charge in [0.1, 0.15) is 5.69 Å². The third-order valence-corrected chi connectivity index (χ3v) is 1.36. The molecule has 0 aliphatic carbocycles. The molecule has 0 fully saturated rings. The molecule has 0 aliphatic heterocycles. The fraction of sp³-hybridized carbons (Fsp3) is 0. The Hall–Kier alpha value is -1.12. The smallest absolute Gasteiger partial charge is 0.148 e. The monoisotopic (exact) mass is 135 g/mol. The van der Waals surface area contributed by atoms with Crippen molar-refractivity contribution in [3.63, 3.8) is 0 Å². The molecule has 0 heterocycles. The second-order valence-electron chi connectivity index (χ2n) is 2.04. The van der Waals surface area contributed by atoms with Gasteiger partial charge in [-0.3, -0.25) is 0 Å². The summed E-state index contributed by atoms with van der Waals surface area (Å²) >= 11 is 0. The molecule has 0 atom stereocenters. The minimum atomic E-state index is 1.03. The van der Waals surface area contributed by atoms with Crippen LogP contribution in [0.3, 0.4) is 0 Å². The second kappa shape index (κ2) is 3.15. The van der Waals surface area contributed by atoms with E-state index < -0.39 is 0 Å². The van der Waals surface area contributed by atoms with E-state index in [1.54, 1.807) is 11.5 Å². The fourth-order valence-corrected chi connectivity index (χ4v) is 0.743. The van der Waals surface area contributed by atoms with Crippen LogP contribution in [0.4, 0.5) is 5.69 Å². The average Bonchev–Trinajstić information content (AvgIpc) is 2.05. The Balaban J connectivity index is 2.90. The summed E-state index contributed by atoms with van der Waals surface area (Å²) in [5.74, 6) is 5.29. The third-order valence-electron chi connectivity index (χ3n) is 1.36. The zero-order valence-corrected chi connectivity index (χ0v) is 5.75. The molecule has 52 valence electrons. The Bertz CT molecular complexity index is 213. The molecule has 1 aromatic rings. The normalized spacial score (nSPS) is 9.30. The molecule has 4 N–H and O–H groups in total. The van der Waals surface area contributed by atoms with Gasteiger partial charge in [-0.1, -0.05) is 12.7 Å². The maximum atomic E-state index is 5.29. The number of hydrogen-bond acceptors (Lipinski definition) is 1. The zero-order valence-electron chi connectivity index (χ0n) is 5.75.